The van der Waals surface area contributed by atoms with Gasteiger partial charge in [-0.1, -0.05) is 19.6 Å². The summed E-state index contributed by atoms with van der Waals surface area (Å²) in [6.45, 7) is 9.40. The van der Waals surface area contributed by atoms with Gasteiger partial charge in [0, 0.05) is 17.2 Å². The molecule has 1 unspecified atom stereocenters. The smallest absolute Gasteiger partial charge is 0.142 e. The maximum atomic E-state index is 10.3. The summed E-state index contributed by atoms with van der Waals surface area (Å²) in [7, 11) is 0. The van der Waals surface area contributed by atoms with Crippen molar-refractivity contribution in [2.24, 2.45) is 0 Å². The fraction of sp³-hybridized carbons (Fsp3) is 0.167. The maximum Gasteiger partial charge on any atom is 0.142 e. The normalized spacial score (nSPS) is 12.6. The molecule has 0 aliphatic carbocycles. The molecule has 1 N–H and O–H groups in total. The SMILES string of the molecule is C=Cc1n[nH]c(C(C)C=C)c1/C=C/C=O. The molecule has 1 atom stereocenters. The van der Waals surface area contributed by atoms with Crippen LogP contribution in [-0.4, -0.2) is 16.5 Å². The Morgan fingerprint density at radius 1 is 1.47 bits per heavy atom. The molecule has 1 aromatic heterocycles. The van der Waals surface area contributed by atoms with Gasteiger partial charge in [0.1, 0.15) is 6.29 Å². The van der Waals surface area contributed by atoms with Gasteiger partial charge < -0.3 is 0 Å². The van der Waals surface area contributed by atoms with Crippen LogP contribution in [0.15, 0.2) is 25.3 Å². The Morgan fingerprint density at radius 3 is 2.73 bits per heavy atom. The van der Waals surface area contributed by atoms with Gasteiger partial charge >= 0.3 is 0 Å². The number of allylic oxidation sites excluding steroid dienone is 2. The first-order valence-corrected chi connectivity index (χ1v) is 4.69. The fourth-order valence-corrected chi connectivity index (χ4v) is 1.31. The van der Waals surface area contributed by atoms with Crippen LogP contribution in [0.2, 0.25) is 0 Å². The van der Waals surface area contributed by atoms with Crippen molar-refractivity contribution in [3.8, 4) is 0 Å². The van der Waals surface area contributed by atoms with Crippen LogP contribution in [0, 0.1) is 0 Å². The van der Waals surface area contributed by atoms with Crippen LogP contribution in [0.25, 0.3) is 12.2 Å². The number of hydrogen-bond acceptors (Lipinski definition) is 2. The molecular formula is C12H14N2O. The molecule has 1 aromatic rings. The Hall–Kier alpha value is -1.90. The quantitative estimate of drug-likeness (QED) is 0.453. The van der Waals surface area contributed by atoms with E-state index in [0.717, 1.165) is 23.2 Å². The summed E-state index contributed by atoms with van der Waals surface area (Å²) in [5.74, 6) is 0.164. The summed E-state index contributed by atoms with van der Waals surface area (Å²) < 4.78 is 0. The van der Waals surface area contributed by atoms with Crippen LogP contribution in [0.5, 0.6) is 0 Å². The highest BCUT2D eigenvalue weighted by atomic mass is 16.1. The molecule has 0 amide bonds. The molecule has 0 saturated heterocycles. The van der Waals surface area contributed by atoms with Crippen molar-refractivity contribution in [1.29, 1.82) is 0 Å². The Kier molecular flexibility index (Phi) is 3.80. The monoisotopic (exact) mass is 202 g/mol. The van der Waals surface area contributed by atoms with E-state index in [-0.39, 0.29) is 5.92 Å². The van der Waals surface area contributed by atoms with Crippen molar-refractivity contribution >= 4 is 18.4 Å². The van der Waals surface area contributed by atoms with Gasteiger partial charge in [-0.15, -0.1) is 6.58 Å². The van der Waals surface area contributed by atoms with E-state index in [1.54, 1.807) is 12.2 Å². The van der Waals surface area contributed by atoms with Crippen LogP contribution in [0.3, 0.4) is 0 Å². The number of aldehydes is 1. The number of aromatic nitrogens is 2. The number of nitrogens with one attached hydrogen (secondary N) is 1. The van der Waals surface area contributed by atoms with Gasteiger partial charge in [0.05, 0.1) is 5.69 Å². The predicted molar refractivity (Wildman–Crippen MR) is 62.4 cm³/mol. The highest BCUT2D eigenvalue weighted by Crippen LogP contribution is 2.22. The molecule has 0 aliphatic rings. The Morgan fingerprint density at radius 2 is 2.20 bits per heavy atom. The Balaban J connectivity index is 3.21. The molecule has 0 fully saturated rings. The third-order valence-corrected chi connectivity index (χ3v) is 2.21. The minimum Gasteiger partial charge on any atom is -0.299 e. The van der Waals surface area contributed by atoms with Crippen LogP contribution >= 0.6 is 0 Å². The lowest BCUT2D eigenvalue weighted by Crippen LogP contribution is -1.92. The first kappa shape index (κ1) is 11.2. The molecule has 1 rings (SSSR count). The van der Waals surface area contributed by atoms with Crippen molar-refractivity contribution in [3.05, 3.63) is 42.3 Å². The topological polar surface area (TPSA) is 45.8 Å². The van der Waals surface area contributed by atoms with Crippen molar-refractivity contribution in [1.82, 2.24) is 10.2 Å². The van der Waals surface area contributed by atoms with Gasteiger partial charge in [-0.25, -0.2) is 0 Å². The number of rotatable bonds is 5. The van der Waals surface area contributed by atoms with Gasteiger partial charge in [-0.2, -0.15) is 5.10 Å². The first-order valence-electron chi connectivity index (χ1n) is 4.69. The zero-order valence-corrected chi connectivity index (χ0v) is 8.73. The minimum atomic E-state index is 0.164. The second-order valence-electron chi connectivity index (χ2n) is 3.16. The summed E-state index contributed by atoms with van der Waals surface area (Å²) in [5, 5.41) is 7.02. The summed E-state index contributed by atoms with van der Waals surface area (Å²) >= 11 is 0. The molecule has 3 heteroatoms. The molecule has 0 bridgehead atoms. The largest absolute Gasteiger partial charge is 0.299 e. The van der Waals surface area contributed by atoms with E-state index < -0.39 is 0 Å². The zero-order valence-electron chi connectivity index (χ0n) is 8.73. The van der Waals surface area contributed by atoms with Crippen molar-refractivity contribution < 1.29 is 4.79 Å². The molecule has 0 aromatic carbocycles. The lowest BCUT2D eigenvalue weighted by Gasteiger charge is -2.03. The summed E-state index contributed by atoms with van der Waals surface area (Å²) in [4.78, 5) is 10.3. The molecule has 78 valence electrons. The molecule has 15 heavy (non-hydrogen) atoms. The van der Waals surface area contributed by atoms with E-state index in [2.05, 4.69) is 23.4 Å². The Labute approximate surface area is 89.2 Å². The summed E-state index contributed by atoms with van der Waals surface area (Å²) in [6.07, 6.45) is 7.38. The highest BCUT2D eigenvalue weighted by Gasteiger charge is 2.11. The number of carbonyl (C=O) groups is 1. The lowest BCUT2D eigenvalue weighted by atomic mass is 10.0. The average molecular weight is 202 g/mol. The van der Waals surface area contributed by atoms with Crippen LogP contribution in [0.4, 0.5) is 0 Å². The number of hydrogen-bond donors (Lipinski definition) is 1. The second-order valence-corrected chi connectivity index (χ2v) is 3.16. The van der Waals surface area contributed by atoms with E-state index in [0.29, 0.717) is 0 Å². The third-order valence-electron chi connectivity index (χ3n) is 2.21. The predicted octanol–water partition coefficient (Wildman–Crippen LogP) is 2.55. The van der Waals surface area contributed by atoms with Crippen LogP contribution in [0.1, 0.15) is 29.8 Å². The van der Waals surface area contributed by atoms with E-state index in [1.165, 1.54) is 6.08 Å². The van der Waals surface area contributed by atoms with Crippen molar-refractivity contribution in [2.45, 2.75) is 12.8 Å². The summed E-state index contributed by atoms with van der Waals surface area (Å²) in [5.41, 5.74) is 2.58. The molecule has 0 aliphatic heterocycles. The molecular weight excluding hydrogens is 188 g/mol. The fourth-order valence-electron chi connectivity index (χ4n) is 1.31. The molecule has 0 saturated carbocycles. The van der Waals surface area contributed by atoms with Crippen LogP contribution < -0.4 is 0 Å². The third kappa shape index (κ3) is 2.31. The molecule has 3 nitrogen and oxygen atoms in total. The molecule has 1 heterocycles. The van der Waals surface area contributed by atoms with Gasteiger partial charge in [0.25, 0.3) is 0 Å². The standard InChI is InChI=1S/C12H14N2O/c1-4-9(3)12-10(7-6-8-15)11(5-2)13-14-12/h4-9H,1-2H2,3H3,(H,13,14)/b7-6+. The second kappa shape index (κ2) is 5.10. The van der Waals surface area contributed by atoms with E-state index in [4.69, 9.17) is 0 Å². The number of nitrogens with zero attached hydrogens (tertiary/aromatic N) is 1. The van der Waals surface area contributed by atoms with E-state index in [9.17, 15) is 4.79 Å². The number of carbonyl (C=O) groups excluding carboxylic acids is 1. The van der Waals surface area contributed by atoms with E-state index >= 15 is 0 Å². The van der Waals surface area contributed by atoms with Gasteiger partial charge in [-0.3, -0.25) is 9.89 Å². The van der Waals surface area contributed by atoms with E-state index in [1.807, 2.05) is 13.0 Å². The Bertz CT molecular complexity index is 402. The number of H-pyrrole nitrogens is 1. The van der Waals surface area contributed by atoms with Gasteiger partial charge in [0.2, 0.25) is 0 Å². The first-order chi connectivity index (χ1) is 7.24. The van der Waals surface area contributed by atoms with Crippen molar-refractivity contribution in [2.75, 3.05) is 0 Å². The van der Waals surface area contributed by atoms with Gasteiger partial charge in [-0.05, 0) is 18.2 Å². The zero-order chi connectivity index (χ0) is 11.3. The molecule has 0 spiro atoms. The van der Waals surface area contributed by atoms with Crippen LogP contribution in [-0.2, 0) is 4.79 Å². The lowest BCUT2D eigenvalue weighted by molar-refractivity contribution is -0.104. The maximum absolute atomic E-state index is 10.3. The van der Waals surface area contributed by atoms with Crippen molar-refractivity contribution in [3.63, 3.8) is 0 Å². The average Bonchev–Trinajstić information content (AvgIpc) is 2.67. The highest BCUT2D eigenvalue weighted by molar-refractivity contribution is 5.77. The number of aromatic amines is 1. The minimum absolute atomic E-state index is 0.164. The van der Waals surface area contributed by atoms with Gasteiger partial charge in [0.15, 0.2) is 0 Å². The summed E-state index contributed by atoms with van der Waals surface area (Å²) in [6, 6.07) is 0. The molecule has 0 radical (unpaired) electrons.